The van der Waals surface area contributed by atoms with Crippen LogP contribution in [-0.2, 0) is 25.5 Å². The van der Waals surface area contributed by atoms with Crippen molar-refractivity contribution in [3.05, 3.63) is 29.8 Å². The van der Waals surface area contributed by atoms with Crippen molar-refractivity contribution in [1.29, 1.82) is 0 Å². The first kappa shape index (κ1) is 22.0. The maximum Gasteiger partial charge on any atom is 0.305 e. The molecule has 26 heavy (non-hydrogen) atoms. The first-order valence-electron chi connectivity index (χ1n) is 9.47. The number of para-hydroxylation sites is 1. The Kier molecular flexibility index (Phi) is 11.2. The van der Waals surface area contributed by atoms with Gasteiger partial charge in [-0.25, -0.2) is 0 Å². The molecule has 0 saturated carbocycles. The largest absolute Gasteiger partial charge is 0.508 e. The van der Waals surface area contributed by atoms with Gasteiger partial charge in [-0.1, -0.05) is 43.9 Å². The van der Waals surface area contributed by atoms with Crippen LogP contribution in [0.5, 0.6) is 5.75 Å². The second kappa shape index (κ2) is 13.2. The fourth-order valence-corrected chi connectivity index (χ4v) is 3.12. The van der Waals surface area contributed by atoms with E-state index in [9.17, 15) is 14.7 Å². The maximum atomic E-state index is 11.2. The zero-order valence-corrected chi connectivity index (χ0v) is 16.0. The topological polar surface area (TPSA) is 72.8 Å². The van der Waals surface area contributed by atoms with Crippen molar-refractivity contribution >= 4 is 11.9 Å². The van der Waals surface area contributed by atoms with E-state index in [0.29, 0.717) is 24.5 Å². The van der Waals surface area contributed by atoms with Crippen molar-refractivity contribution in [3.8, 4) is 5.75 Å². The third-order valence-electron chi connectivity index (χ3n) is 4.76. The highest BCUT2D eigenvalue weighted by molar-refractivity contribution is 5.69. The lowest BCUT2D eigenvalue weighted by Gasteiger charge is -2.17. The molecule has 1 N–H and O–H groups in total. The summed E-state index contributed by atoms with van der Waals surface area (Å²) in [5, 5.41) is 9.93. The second-order valence-electron chi connectivity index (χ2n) is 6.68. The maximum absolute atomic E-state index is 11.2. The summed E-state index contributed by atoms with van der Waals surface area (Å²) < 4.78 is 9.36. The molecule has 5 heteroatoms. The van der Waals surface area contributed by atoms with Gasteiger partial charge in [-0.3, -0.25) is 9.59 Å². The number of phenols is 1. The SMILES string of the molecule is COC(=O)CCCCC(CCCCC(=O)OC)CCc1ccccc1O. The molecule has 0 aliphatic rings. The van der Waals surface area contributed by atoms with Gasteiger partial charge in [0.15, 0.2) is 0 Å². The number of carbonyl (C=O) groups excluding carboxylic acids is 2. The van der Waals surface area contributed by atoms with Gasteiger partial charge in [0.2, 0.25) is 0 Å². The molecular weight excluding hydrogens is 332 g/mol. The van der Waals surface area contributed by atoms with Gasteiger partial charge in [0.25, 0.3) is 0 Å². The van der Waals surface area contributed by atoms with E-state index in [1.165, 1.54) is 14.2 Å². The molecule has 0 aliphatic heterocycles. The van der Waals surface area contributed by atoms with Crippen molar-refractivity contribution in [2.24, 2.45) is 5.92 Å². The van der Waals surface area contributed by atoms with E-state index in [2.05, 4.69) is 9.47 Å². The van der Waals surface area contributed by atoms with Gasteiger partial charge < -0.3 is 14.6 Å². The summed E-state index contributed by atoms with van der Waals surface area (Å²) in [7, 11) is 2.83. The monoisotopic (exact) mass is 364 g/mol. The number of methoxy groups -OCH3 is 2. The summed E-state index contributed by atoms with van der Waals surface area (Å²) in [6.07, 6.45) is 8.49. The summed E-state index contributed by atoms with van der Waals surface area (Å²) in [5.41, 5.74) is 0.974. The molecule has 0 heterocycles. The Balaban J connectivity index is 2.42. The zero-order valence-electron chi connectivity index (χ0n) is 16.0. The summed E-state index contributed by atoms with van der Waals surface area (Å²) in [4.78, 5) is 22.4. The minimum atomic E-state index is -0.158. The van der Waals surface area contributed by atoms with E-state index in [-0.39, 0.29) is 11.9 Å². The van der Waals surface area contributed by atoms with E-state index in [4.69, 9.17) is 0 Å². The summed E-state index contributed by atoms with van der Waals surface area (Å²) in [6.45, 7) is 0. The van der Waals surface area contributed by atoms with Gasteiger partial charge >= 0.3 is 11.9 Å². The average molecular weight is 364 g/mol. The summed E-state index contributed by atoms with van der Waals surface area (Å²) >= 11 is 0. The van der Waals surface area contributed by atoms with E-state index in [1.807, 2.05) is 18.2 Å². The number of benzene rings is 1. The number of ether oxygens (including phenoxy) is 2. The number of hydrogen-bond donors (Lipinski definition) is 1. The van der Waals surface area contributed by atoms with Crippen molar-refractivity contribution < 1.29 is 24.2 Å². The highest BCUT2D eigenvalue weighted by Crippen LogP contribution is 2.25. The lowest BCUT2D eigenvalue weighted by molar-refractivity contribution is -0.141. The van der Waals surface area contributed by atoms with E-state index in [1.54, 1.807) is 6.07 Å². The summed E-state index contributed by atoms with van der Waals surface area (Å²) in [6, 6.07) is 7.45. The number of phenolic OH excluding ortho intramolecular Hbond substituents is 1. The van der Waals surface area contributed by atoms with Crippen LogP contribution in [0.15, 0.2) is 24.3 Å². The quantitative estimate of drug-likeness (QED) is 0.415. The van der Waals surface area contributed by atoms with Gasteiger partial charge in [-0.05, 0) is 43.2 Å². The van der Waals surface area contributed by atoms with Gasteiger partial charge in [-0.2, -0.15) is 0 Å². The molecule has 0 amide bonds. The molecule has 0 spiro atoms. The highest BCUT2D eigenvalue weighted by atomic mass is 16.5. The molecule has 0 aliphatic carbocycles. The molecule has 146 valence electrons. The minimum Gasteiger partial charge on any atom is -0.508 e. The Morgan fingerprint density at radius 1 is 0.885 bits per heavy atom. The molecule has 1 aromatic rings. The fourth-order valence-electron chi connectivity index (χ4n) is 3.12. The van der Waals surface area contributed by atoms with Gasteiger partial charge in [0.05, 0.1) is 14.2 Å². The smallest absolute Gasteiger partial charge is 0.305 e. The Hall–Kier alpha value is -2.04. The Morgan fingerprint density at radius 2 is 1.42 bits per heavy atom. The first-order valence-corrected chi connectivity index (χ1v) is 9.47. The molecule has 0 bridgehead atoms. The van der Waals surface area contributed by atoms with Crippen molar-refractivity contribution in [3.63, 3.8) is 0 Å². The number of esters is 2. The molecule has 5 nitrogen and oxygen atoms in total. The Morgan fingerprint density at radius 3 is 1.92 bits per heavy atom. The number of aryl methyl sites for hydroxylation is 1. The highest BCUT2D eigenvalue weighted by Gasteiger charge is 2.12. The fraction of sp³-hybridized carbons (Fsp3) is 0.619. The van der Waals surface area contributed by atoms with Crippen LogP contribution in [0.2, 0.25) is 0 Å². The minimum absolute atomic E-state index is 0.158. The molecule has 0 atom stereocenters. The van der Waals surface area contributed by atoms with Crippen LogP contribution >= 0.6 is 0 Å². The van der Waals surface area contributed by atoms with Crippen molar-refractivity contribution in [1.82, 2.24) is 0 Å². The molecule has 1 rings (SSSR count). The lowest BCUT2D eigenvalue weighted by Crippen LogP contribution is -2.06. The Labute approximate surface area is 156 Å². The first-order chi connectivity index (χ1) is 12.6. The predicted molar refractivity (Wildman–Crippen MR) is 101 cm³/mol. The zero-order chi connectivity index (χ0) is 19.2. The third kappa shape index (κ3) is 9.44. The molecule has 0 radical (unpaired) electrons. The van der Waals surface area contributed by atoms with E-state index in [0.717, 1.165) is 56.9 Å². The van der Waals surface area contributed by atoms with Crippen molar-refractivity contribution in [2.75, 3.05) is 14.2 Å². The average Bonchev–Trinajstić information content (AvgIpc) is 2.66. The van der Waals surface area contributed by atoms with Gasteiger partial charge in [-0.15, -0.1) is 0 Å². The van der Waals surface area contributed by atoms with Crippen LogP contribution < -0.4 is 0 Å². The second-order valence-corrected chi connectivity index (χ2v) is 6.68. The number of rotatable bonds is 13. The molecule has 0 unspecified atom stereocenters. The van der Waals surface area contributed by atoms with Crippen LogP contribution in [0.4, 0.5) is 0 Å². The number of unbranched alkanes of at least 4 members (excludes halogenated alkanes) is 2. The molecule has 1 aromatic carbocycles. The van der Waals surface area contributed by atoms with Crippen molar-refractivity contribution in [2.45, 2.75) is 64.2 Å². The normalized spacial score (nSPS) is 10.7. The van der Waals surface area contributed by atoms with Gasteiger partial charge in [0, 0.05) is 12.8 Å². The van der Waals surface area contributed by atoms with Crippen LogP contribution in [0.25, 0.3) is 0 Å². The lowest BCUT2D eigenvalue weighted by atomic mass is 9.89. The molecular formula is C21H32O5. The van der Waals surface area contributed by atoms with E-state index < -0.39 is 0 Å². The number of aromatic hydroxyl groups is 1. The predicted octanol–water partition coefficient (Wildman–Crippen LogP) is 4.41. The molecule has 0 fully saturated rings. The van der Waals surface area contributed by atoms with Crippen LogP contribution in [0, 0.1) is 5.92 Å². The summed E-state index contributed by atoms with van der Waals surface area (Å²) in [5.74, 6) is 0.551. The van der Waals surface area contributed by atoms with Crippen LogP contribution in [-0.4, -0.2) is 31.3 Å². The van der Waals surface area contributed by atoms with Gasteiger partial charge in [0.1, 0.15) is 5.75 Å². The third-order valence-corrected chi connectivity index (χ3v) is 4.76. The van der Waals surface area contributed by atoms with Crippen LogP contribution in [0.1, 0.15) is 63.4 Å². The standard InChI is InChI=1S/C21H32O5/c1-25-20(23)13-7-3-9-17(10-4-8-14-21(24)26-2)15-16-18-11-5-6-12-19(18)22/h5-6,11-12,17,22H,3-4,7-10,13-16H2,1-2H3. The number of carbonyl (C=O) groups is 2. The molecule has 0 saturated heterocycles. The van der Waals surface area contributed by atoms with Crippen LogP contribution in [0.3, 0.4) is 0 Å². The Bertz CT molecular complexity index is 517. The molecule has 0 aromatic heterocycles. The number of hydrogen-bond acceptors (Lipinski definition) is 5. The van der Waals surface area contributed by atoms with E-state index >= 15 is 0 Å².